The Hall–Kier alpha value is -3.41. The van der Waals surface area contributed by atoms with Crippen molar-refractivity contribution in [2.75, 3.05) is 5.32 Å². The van der Waals surface area contributed by atoms with E-state index >= 15 is 0 Å². The topological polar surface area (TPSA) is 108 Å². The number of alkyl halides is 3. The van der Waals surface area contributed by atoms with Crippen molar-refractivity contribution in [3.63, 3.8) is 0 Å². The first-order valence-corrected chi connectivity index (χ1v) is 14.5. The van der Waals surface area contributed by atoms with Gasteiger partial charge in [-0.15, -0.1) is 0 Å². The van der Waals surface area contributed by atoms with Crippen LogP contribution in [0.5, 0.6) is 0 Å². The number of hydrogen-bond acceptors (Lipinski definition) is 5. The van der Waals surface area contributed by atoms with Gasteiger partial charge in [0.15, 0.2) is 5.02 Å². The highest BCUT2D eigenvalue weighted by Gasteiger charge is 2.61. The average Bonchev–Trinajstić information content (AvgIpc) is 3.33. The van der Waals surface area contributed by atoms with E-state index in [0.29, 0.717) is 53.0 Å². The summed E-state index contributed by atoms with van der Waals surface area (Å²) >= 11 is 6.32. The van der Waals surface area contributed by atoms with Crippen LogP contribution in [0.4, 0.5) is 24.7 Å². The van der Waals surface area contributed by atoms with Gasteiger partial charge in [0, 0.05) is 6.42 Å². The Morgan fingerprint density at radius 1 is 1.14 bits per heavy atom. The van der Waals surface area contributed by atoms with Gasteiger partial charge >= 0.3 is 12.0 Å². The highest BCUT2D eigenvalue weighted by molar-refractivity contribution is 6.33. The van der Waals surface area contributed by atoms with Crippen molar-refractivity contribution in [2.24, 2.45) is 17.3 Å². The van der Waals surface area contributed by atoms with Crippen molar-refractivity contribution in [3.8, 4) is 0 Å². The maximum atomic E-state index is 13.6. The zero-order chi connectivity index (χ0) is 30.2. The number of nitrogens with one attached hydrogen (secondary N) is 1. The number of aryl methyl sites for hydroxylation is 1. The Kier molecular flexibility index (Phi) is 6.71. The Labute approximate surface area is 245 Å². The van der Waals surface area contributed by atoms with Crippen LogP contribution < -0.4 is 5.32 Å². The zero-order valence-corrected chi connectivity index (χ0v) is 24.3. The van der Waals surface area contributed by atoms with Gasteiger partial charge in [0.25, 0.3) is 0 Å². The molecule has 224 valence electrons. The van der Waals surface area contributed by atoms with Gasteiger partial charge in [-0.3, -0.25) is 9.48 Å². The molecule has 3 aromatic rings. The summed E-state index contributed by atoms with van der Waals surface area (Å²) in [7, 11) is 0. The molecule has 2 heterocycles. The minimum Gasteiger partial charge on any atom is -0.358 e. The molecule has 2 aromatic heterocycles. The molecular formula is C29H32ClF3N6O3. The van der Waals surface area contributed by atoms with Gasteiger partial charge in [-0.05, 0) is 99.2 Å². The first-order chi connectivity index (χ1) is 19.7. The third kappa shape index (κ3) is 4.87. The molecule has 1 amide bonds. The molecule has 0 spiro atoms. The molecule has 2 atom stereocenters. The largest absolute Gasteiger partial charge is 0.416 e. The zero-order valence-electron chi connectivity index (χ0n) is 23.6. The van der Waals surface area contributed by atoms with Crippen molar-refractivity contribution >= 4 is 29.0 Å². The minimum atomic E-state index is -4.43. The second-order valence-electron chi connectivity index (χ2n) is 12.7. The van der Waals surface area contributed by atoms with Crippen LogP contribution in [0.25, 0.3) is 0 Å². The minimum absolute atomic E-state index is 0.0654. The van der Waals surface area contributed by atoms with E-state index in [4.69, 9.17) is 11.6 Å². The number of halogens is 4. The van der Waals surface area contributed by atoms with Gasteiger partial charge < -0.3 is 15.4 Å². The van der Waals surface area contributed by atoms with Gasteiger partial charge in [-0.1, -0.05) is 23.7 Å². The number of amides is 1. The maximum Gasteiger partial charge on any atom is 0.416 e. The van der Waals surface area contributed by atoms with Gasteiger partial charge in [0.2, 0.25) is 5.91 Å². The van der Waals surface area contributed by atoms with Crippen LogP contribution >= 0.6 is 11.6 Å². The lowest BCUT2D eigenvalue weighted by Gasteiger charge is -2.61. The van der Waals surface area contributed by atoms with E-state index in [1.807, 2.05) is 0 Å². The molecule has 4 aliphatic carbocycles. The van der Waals surface area contributed by atoms with E-state index in [2.05, 4.69) is 15.5 Å². The van der Waals surface area contributed by atoms with Crippen LogP contribution in [0.3, 0.4) is 0 Å². The van der Waals surface area contributed by atoms with Crippen LogP contribution in [0.2, 0.25) is 5.02 Å². The van der Waals surface area contributed by atoms with E-state index in [0.717, 1.165) is 44.2 Å². The molecule has 4 aliphatic rings. The normalized spacial score (nSPS) is 26.5. The third-order valence-electron chi connectivity index (χ3n) is 9.57. The third-order valence-corrected chi connectivity index (χ3v) is 10.0. The van der Waals surface area contributed by atoms with E-state index in [9.17, 15) is 28.1 Å². The average molecular weight is 605 g/mol. The van der Waals surface area contributed by atoms with Gasteiger partial charge in [-0.2, -0.15) is 23.0 Å². The molecule has 4 fully saturated rings. The number of rotatable bonds is 7. The standard InChI is InChI=1S/C29H32ClF3N6O3/c1-16-25(18(3)37(35-16)14-19-5-4-6-22(8-19)29(31,32)33)34-23(40)13-27-9-20-7-21(10-27)12-28(11-20,15-27)38-17(2)24(30)26(36-38)39(41)42/h4-6,8,20-21H,7,9-15H2,1-3H3,(H,34,40). The number of carbonyl (C=O) groups is 1. The lowest BCUT2D eigenvalue weighted by atomic mass is 9.46. The predicted molar refractivity (Wildman–Crippen MR) is 149 cm³/mol. The second kappa shape index (κ2) is 9.82. The molecule has 1 N–H and O–H groups in total. The summed E-state index contributed by atoms with van der Waals surface area (Å²) in [5, 5.41) is 23.5. The Bertz CT molecular complexity index is 1580. The van der Waals surface area contributed by atoms with Crippen molar-refractivity contribution in [1.29, 1.82) is 0 Å². The van der Waals surface area contributed by atoms with Crippen molar-refractivity contribution in [2.45, 2.75) is 84.0 Å². The molecule has 0 radical (unpaired) electrons. The fourth-order valence-electron chi connectivity index (χ4n) is 8.48. The van der Waals surface area contributed by atoms with E-state index in [-0.39, 0.29) is 28.7 Å². The van der Waals surface area contributed by atoms with Crippen LogP contribution in [-0.4, -0.2) is 30.4 Å². The molecular weight excluding hydrogens is 573 g/mol. The fourth-order valence-corrected chi connectivity index (χ4v) is 8.67. The fraction of sp³-hybridized carbons (Fsp3) is 0.552. The second-order valence-corrected chi connectivity index (χ2v) is 13.1. The first kappa shape index (κ1) is 28.7. The van der Waals surface area contributed by atoms with Crippen molar-refractivity contribution in [1.82, 2.24) is 19.6 Å². The summed E-state index contributed by atoms with van der Waals surface area (Å²) in [5.74, 6) is 0.334. The molecule has 9 nitrogen and oxygen atoms in total. The lowest BCUT2D eigenvalue weighted by Crippen LogP contribution is -2.57. The van der Waals surface area contributed by atoms with E-state index in [1.54, 1.807) is 36.2 Å². The quantitative estimate of drug-likeness (QED) is 0.232. The number of carbonyl (C=O) groups excluding carboxylic acids is 1. The number of nitro groups is 1. The molecule has 2 unspecified atom stereocenters. The molecule has 0 saturated heterocycles. The molecule has 4 saturated carbocycles. The summed E-state index contributed by atoms with van der Waals surface area (Å²) in [5.41, 5.74) is 1.48. The number of aromatic nitrogens is 4. The van der Waals surface area contributed by atoms with E-state index < -0.39 is 22.2 Å². The van der Waals surface area contributed by atoms with Gasteiger partial charge in [0.1, 0.15) is 0 Å². The highest BCUT2D eigenvalue weighted by Crippen LogP contribution is 2.65. The maximum absolute atomic E-state index is 13.6. The van der Waals surface area contributed by atoms with Crippen molar-refractivity contribution in [3.05, 3.63) is 67.6 Å². The smallest absolute Gasteiger partial charge is 0.358 e. The molecule has 1 aromatic carbocycles. The van der Waals surface area contributed by atoms with Crippen LogP contribution in [0, 0.1) is 48.1 Å². The Morgan fingerprint density at radius 2 is 1.83 bits per heavy atom. The monoisotopic (exact) mass is 604 g/mol. The van der Waals surface area contributed by atoms with Crippen LogP contribution in [0.15, 0.2) is 24.3 Å². The Morgan fingerprint density at radius 3 is 2.45 bits per heavy atom. The summed E-state index contributed by atoms with van der Waals surface area (Å²) < 4.78 is 43.0. The van der Waals surface area contributed by atoms with E-state index in [1.165, 1.54) is 6.07 Å². The molecule has 42 heavy (non-hydrogen) atoms. The molecule has 13 heteroatoms. The molecule has 0 aliphatic heterocycles. The van der Waals surface area contributed by atoms with Crippen LogP contribution in [0.1, 0.15) is 73.2 Å². The highest BCUT2D eigenvalue weighted by atomic mass is 35.5. The van der Waals surface area contributed by atoms with Gasteiger partial charge in [-0.25, -0.2) is 0 Å². The SMILES string of the molecule is Cc1nn(Cc2cccc(C(F)(F)F)c2)c(C)c1NC(=O)CC12CC3CC(C1)CC(n1nc([N+](=O)[O-])c(Cl)c1C)(C3)C2. The van der Waals surface area contributed by atoms with Gasteiger partial charge in [0.05, 0.1) is 45.5 Å². The number of hydrogen-bond donors (Lipinski definition) is 1. The number of anilines is 1. The number of benzene rings is 1. The van der Waals surface area contributed by atoms with Crippen molar-refractivity contribution < 1.29 is 22.9 Å². The summed E-state index contributed by atoms with van der Waals surface area (Å²) in [6.07, 6.45) is 1.22. The summed E-state index contributed by atoms with van der Waals surface area (Å²) in [4.78, 5) is 24.6. The molecule has 4 bridgehead atoms. The predicted octanol–water partition coefficient (Wildman–Crippen LogP) is 6.96. The summed E-state index contributed by atoms with van der Waals surface area (Å²) in [6, 6.07) is 5.15. The van der Waals surface area contributed by atoms with Crippen LogP contribution in [-0.2, 0) is 23.1 Å². The first-order valence-electron chi connectivity index (χ1n) is 14.1. The number of nitrogens with zero attached hydrogens (tertiary/aromatic N) is 5. The summed E-state index contributed by atoms with van der Waals surface area (Å²) in [6.45, 7) is 5.46. The molecule has 7 rings (SSSR count). The Balaban J connectivity index is 1.21. The lowest BCUT2D eigenvalue weighted by molar-refractivity contribution is -0.389.